The second-order valence-electron chi connectivity index (χ2n) is 23.9. The molecule has 3 saturated heterocycles. The summed E-state index contributed by atoms with van der Waals surface area (Å²) < 4.78 is 34.1. The molecule has 0 spiro atoms. The van der Waals surface area contributed by atoms with Crippen molar-refractivity contribution in [1.82, 2.24) is 5.32 Å². The smallest absolute Gasteiger partial charge is 0.220 e. The average molecular weight is 1180 g/mol. The molecule has 19 heteroatoms. The van der Waals surface area contributed by atoms with Crippen LogP contribution in [0.2, 0.25) is 0 Å². The van der Waals surface area contributed by atoms with E-state index in [1.54, 1.807) is 6.08 Å². The molecule has 19 nitrogen and oxygen atoms in total. The number of hydrogen-bond acceptors (Lipinski definition) is 18. The minimum absolute atomic E-state index is 0.237. The van der Waals surface area contributed by atoms with E-state index in [2.05, 4.69) is 19.2 Å². The lowest BCUT2D eigenvalue weighted by Gasteiger charge is -2.48. The molecule has 0 bridgehead atoms. The maximum absolute atomic E-state index is 13.0. The van der Waals surface area contributed by atoms with E-state index in [-0.39, 0.29) is 18.9 Å². The second kappa shape index (κ2) is 46.7. The van der Waals surface area contributed by atoms with Crippen LogP contribution in [0.5, 0.6) is 0 Å². The monoisotopic (exact) mass is 1180 g/mol. The maximum atomic E-state index is 13.0. The number of amides is 1. The van der Waals surface area contributed by atoms with Crippen molar-refractivity contribution in [3.8, 4) is 0 Å². The zero-order chi connectivity index (χ0) is 59.7. The van der Waals surface area contributed by atoms with Gasteiger partial charge in [-0.2, -0.15) is 0 Å². The number of rotatable bonds is 50. The molecule has 82 heavy (non-hydrogen) atoms. The Morgan fingerprint density at radius 1 is 0.427 bits per heavy atom. The van der Waals surface area contributed by atoms with Gasteiger partial charge >= 0.3 is 0 Å². The Morgan fingerprint density at radius 2 is 0.756 bits per heavy atom. The van der Waals surface area contributed by atoms with Crippen LogP contribution in [0, 0.1) is 0 Å². The SMILES string of the molecule is CCCCCCCCCCCCCCCCCCCCCCCCCCCCCCCCC/C=C/C(O)C(COC1OC(CO)C(OC2OC(CO)C(OC3OC(CO)C(O)C(O)C3O)C(O)C2O)C(O)C1O)NC(=O)CCCCCC. The molecule has 3 heterocycles. The Kier molecular flexibility index (Phi) is 42.5. The number of hydrogen-bond donors (Lipinski definition) is 12. The molecule has 0 aromatic heterocycles. The highest BCUT2D eigenvalue weighted by Gasteiger charge is 2.53. The number of aliphatic hydroxyl groups is 11. The van der Waals surface area contributed by atoms with Crippen molar-refractivity contribution in [3.63, 3.8) is 0 Å². The fourth-order valence-electron chi connectivity index (χ4n) is 11.4. The summed E-state index contributed by atoms with van der Waals surface area (Å²) in [4.78, 5) is 13.0. The van der Waals surface area contributed by atoms with Crippen LogP contribution in [-0.2, 0) is 33.2 Å². The molecular weight excluding hydrogens is 1060 g/mol. The third kappa shape index (κ3) is 29.5. The molecule has 0 radical (unpaired) electrons. The molecule has 0 saturated carbocycles. The van der Waals surface area contributed by atoms with Crippen LogP contribution in [0.1, 0.15) is 251 Å². The van der Waals surface area contributed by atoms with E-state index in [9.17, 15) is 61.0 Å². The lowest BCUT2D eigenvalue weighted by atomic mass is 9.96. The Labute approximate surface area is 493 Å². The van der Waals surface area contributed by atoms with E-state index < -0.39 is 124 Å². The zero-order valence-corrected chi connectivity index (χ0v) is 50.7. The van der Waals surface area contributed by atoms with Gasteiger partial charge in [-0.1, -0.05) is 238 Å². The molecule has 3 aliphatic heterocycles. The maximum Gasteiger partial charge on any atom is 0.220 e. The van der Waals surface area contributed by atoms with Gasteiger partial charge in [0, 0.05) is 6.42 Å². The van der Waals surface area contributed by atoms with Crippen molar-refractivity contribution in [1.29, 1.82) is 0 Å². The van der Waals surface area contributed by atoms with Gasteiger partial charge in [0.25, 0.3) is 0 Å². The molecule has 17 unspecified atom stereocenters. The summed E-state index contributed by atoms with van der Waals surface area (Å²) in [6.45, 7) is 1.60. The third-order valence-electron chi connectivity index (χ3n) is 16.8. The van der Waals surface area contributed by atoms with E-state index in [0.29, 0.717) is 6.42 Å². The van der Waals surface area contributed by atoms with Crippen LogP contribution in [0.3, 0.4) is 0 Å². The van der Waals surface area contributed by atoms with Gasteiger partial charge in [-0.05, 0) is 19.3 Å². The molecule has 0 aromatic rings. The van der Waals surface area contributed by atoms with E-state index >= 15 is 0 Å². The fourth-order valence-corrected chi connectivity index (χ4v) is 11.4. The molecule has 3 fully saturated rings. The van der Waals surface area contributed by atoms with Gasteiger partial charge in [0.2, 0.25) is 5.91 Å². The first-order chi connectivity index (χ1) is 39.8. The van der Waals surface area contributed by atoms with Gasteiger partial charge in [0.05, 0.1) is 38.6 Å². The van der Waals surface area contributed by atoms with Gasteiger partial charge in [-0.3, -0.25) is 4.79 Å². The van der Waals surface area contributed by atoms with Gasteiger partial charge < -0.3 is 89.9 Å². The van der Waals surface area contributed by atoms with Crippen LogP contribution in [0.15, 0.2) is 12.2 Å². The van der Waals surface area contributed by atoms with Gasteiger partial charge in [-0.25, -0.2) is 0 Å². The largest absolute Gasteiger partial charge is 0.394 e. The average Bonchev–Trinajstić information content (AvgIpc) is 3.67. The standard InChI is InChI=1S/C63H119NO18/c1-3-5-7-9-10-11-12-13-14-15-16-17-18-19-20-21-22-23-24-25-26-27-28-29-30-31-32-33-34-35-36-37-38-40-47(68)46(64-51(69)41-39-8-6-4-2)45-77-61-57(75)54(72)59(49(43-66)79-61)82-63-58(76)55(73)60(50(44-67)80-63)81-62-56(74)53(71)52(70)48(42-65)78-62/h38,40,46-50,52-63,65-68,70-76H,3-37,39,41-45H2,1-2H3,(H,64,69)/b40-38+. The van der Waals surface area contributed by atoms with Crippen LogP contribution >= 0.6 is 0 Å². The molecule has 0 aliphatic carbocycles. The number of allylic oxidation sites excluding steroid dienone is 1. The molecule has 17 atom stereocenters. The minimum Gasteiger partial charge on any atom is -0.394 e. The van der Waals surface area contributed by atoms with E-state index in [4.69, 9.17) is 28.4 Å². The van der Waals surface area contributed by atoms with Crippen LogP contribution < -0.4 is 5.32 Å². The Bertz CT molecular complexity index is 1550. The van der Waals surface area contributed by atoms with Crippen molar-refractivity contribution in [3.05, 3.63) is 12.2 Å². The number of unbranched alkanes of at least 4 members (excludes halogenated alkanes) is 34. The molecule has 1 amide bonds. The topological polar surface area (TPSA) is 307 Å². The number of carbonyl (C=O) groups is 1. The predicted molar refractivity (Wildman–Crippen MR) is 314 cm³/mol. The lowest BCUT2D eigenvalue weighted by Crippen LogP contribution is -2.66. The predicted octanol–water partition coefficient (Wildman–Crippen LogP) is 7.33. The Hall–Kier alpha value is -1.47. The van der Waals surface area contributed by atoms with Crippen LogP contribution in [0.25, 0.3) is 0 Å². The van der Waals surface area contributed by atoms with E-state index in [1.165, 1.54) is 180 Å². The lowest BCUT2D eigenvalue weighted by molar-refractivity contribution is -0.379. The number of nitrogens with one attached hydrogen (secondary N) is 1. The van der Waals surface area contributed by atoms with Crippen molar-refractivity contribution in [2.75, 3.05) is 26.4 Å². The highest BCUT2D eigenvalue weighted by molar-refractivity contribution is 5.76. The summed E-state index contributed by atoms with van der Waals surface area (Å²) >= 11 is 0. The molecule has 484 valence electrons. The Morgan fingerprint density at radius 3 is 1.15 bits per heavy atom. The summed E-state index contributed by atoms with van der Waals surface area (Å²) in [5.41, 5.74) is 0. The normalized spacial score (nSPS) is 29.6. The summed E-state index contributed by atoms with van der Waals surface area (Å²) in [6, 6.07) is -0.964. The number of aliphatic hydroxyl groups excluding tert-OH is 11. The molecule has 3 rings (SSSR count). The fraction of sp³-hybridized carbons (Fsp3) is 0.952. The summed E-state index contributed by atoms with van der Waals surface area (Å²) in [5, 5.41) is 120. The van der Waals surface area contributed by atoms with E-state index in [0.717, 1.165) is 44.9 Å². The van der Waals surface area contributed by atoms with Crippen molar-refractivity contribution < 1.29 is 89.4 Å². The van der Waals surface area contributed by atoms with Crippen LogP contribution in [0.4, 0.5) is 0 Å². The molecule has 0 aromatic carbocycles. The molecule has 12 N–H and O–H groups in total. The third-order valence-corrected chi connectivity index (χ3v) is 16.8. The van der Waals surface area contributed by atoms with Crippen molar-refractivity contribution in [2.45, 2.75) is 356 Å². The minimum atomic E-state index is -1.97. The summed E-state index contributed by atoms with van der Waals surface area (Å²) in [6.07, 6.45) is 23.3. The second-order valence-corrected chi connectivity index (χ2v) is 23.9. The van der Waals surface area contributed by atoms with E-state index in [1.807, 2.05) is 6.08 Å². The first-order valence-corrected chi connectivity index (χ1v) is 32.9. The summed E-state index contributed by atoms with van der Waals surface area (Å²) in [5.74, 6) is -0.291. The quantitative estimate of drug-likeness (QED) is 0.0210. The Balaban J connectivity index is 1.29. The zero-order valence-electron chi connectivity index (χ0n) is 50.7. The van der Waals surface area contributed by atoms with Gasteiger partial charge in [-0.15, -0.1) is 0 Å². The first-order valence-electron chi connectivity index (χ1n) is 32.9. The van der Waals surface area contributed by atoms with Gasteiger partial charge in [0.15, 0.2) is 18.9 Å². The number of ether oxygens (including phenoxy) is 6. The number of carbonyl (C=O) groups excluding carboxylic acids is 1. The molecule has 3 aliphatic rings. The molecular formula is C63H119NO18. The van der Waals surface area contributed by atoms with Crippen molar-refractivity contribution >= 4 is 5.91 Å². The highest BCUT2D eigenvalue weighted by atomic mass is 16.8. The first kappa shape index (κ1) is 74.8. The highest BCUT2D eigenvalue weighted by Crippen LogP contribution is 2.33. The van der Waals surface area contributed by atoms with Gasteiger partial charge in [0.1, 0.15) is 73.2 Å². The summed E-state index contributed by atoms with van der Waals surface area (Å²) in [7, 11) is 0. The van der Waals surface area contributed by atoms with Crippen LogP contribution in [-0.4, -0.2) is 193 Å². The van der Waals surface area contributed by atoms with Crippen molar-refractivity contribution in [2.24, 2.45) is 0 Å².